The summed E-state index contributed by atoms with van der Waals surface area (Å²) in [6.07, 6.45) is 4.02. The van der Waals surface area contributed by atoms with Gasteiger partial charge in [0.15, 0.2) is 0 Å². The van der Waals surface area contributed by atoms with Crippen LogP contribution in [0.3, 0.4) is 0 Å². The number of likely N-dealkylation sites (tertiary alicyclic amines) is 1. The highest BCUT2D eigenvalue weighted by Crippen LogP contribution is 2.34. The zero-order chi connectivity index (χ0) is 14.7. The Labute approximate surface area is 123 Å². The third-order valence-corrected chi connectivity index (χ3v) is 4.00. The van der Waals surface area contributed by atoms with Crippen LogP contribution in [0.25, 0.3) is 0 Å². The van der Waals surface area contributed by atoms with Crippen LogP contribution in [0.2, 0.25) is 0 Å². The van der Waals surface area contributed by atoms with Gasteiger partial charge in [-0.15, -0.1) is 0 Å². The van der Waals surface area contributed by atoms with Gasteiger partial charge in [-0.05, 0) is 17.2 Å². The molecule has 2 atom stereocenters. The molecule has 0 amide bonds. The van der Waals surface area contributed by atoms with Crippen molar-refractivity contribution in [2.45, 2.75) is 25.0 Å². The molecule has 0 spiro atoms. The summed E-state index contributed by atoms with van der Waals surface area (Å²) in [4.78, 5) is 17.5. The van der Waals surface area contributed by atoms with E-state index in [2.05, 4.69) is 22.0 Å². The number of pyridine rings is 1. The van der Waals surface area contributed by atoms with Crippen LogP contribution in [0.15, 0.2) is 54.9 Å². The molecule has 1 aliphatic rings. The van der Waals surface area contributed by atoms with E-state index in [-0.39, 0.29) is 11.0 Å². The molecule has 5 nitrogen and oxygen atoms in total. The minimum Gasteiger partial charge on any atom is -0.286 e. The number of nitrogens with zero attached hydrogens (tertiary/aromatic N) is 3. The smallest absolute Gasteiger partial charge is 0.233 e. The molecule has 1 saturated heterocycles. The molecule has 0 N–H and O–H groups in total. The number of nitro groups is 1. The zero-order valence-corrected chi connectivity index (χ0v) is 11.6. The normalized spacial score (nSPS) is 22.3. The van der Waals surface area contributed by atoms with E-state index in [1.807, 2.05) is 30.3 Å². The SMILES string of the molecule is O=[N+]([O-])[C@H]1CCN(Cc2ccccc2)[C@@H]1c1cccnc1. The molecule has 3 rings (SSSR count). The molecule has 1 aromatic heterocycles. The van der Waals surface area contributed by atoms with Crippen LogP contribution in [0.4, 0.5) is 0 Å². The number of benzene rings is 1. The second-order valence-electron chi connectivity index (χ2n) is 5.33. The van der Waals surface area contributed by atoms with E-state index in [9.17, 15) is 10.1 Å². The average Bonchev–Trinajstić information content (AvgIpc) is 2.93. The molecule has 0 radical (unpaired) electrons. The van der Waals surface area contributed by atoms with E-state index >= 15 is 0 Å². The summed E-state index contributed by atoms with van der Waals surface area (Å²) < 4.78 is 0. The van der Waals surface area contributed by atoms with Crippen molar-refractivity contribution in [2.24, 2.45) is 0 Å². The first-order valence-electron chi connectivity index (χ1n) is 7.07. The van der Waals surface area contributed by atoms with Gasteiger partial charge in [-0.2, -0.15) is 0 Å². The van der Waals surface area contributed by atoms with Gasteiger partial charge in [0.2, 0.25) is 6.04 Å². The summed E-state index contributed by atoms with van der Waals surface area (Å²) in [6.45, 7) is 1.46. The first-order chi connectivity index (χ1) is 10.3. The second-order valence-corrected chi connectivity index (χ2v) is 5.33. The van der Waals surface area contributed by atoms with Gasteiger partial charge in [0.25, 0.3) is 0 Å². The lowest BCUT2D eigenvalue weighted by Crippen LogP contribution is -2.31. The van der Waals surface area contributed by atoms with Crippen LogP contribution >= 0.6 is 0 Å². The molecule has 108 valence electrons. The van der Waals surface area contributed by atoms with Gasteiger partial charge in [-0.1, -0.05) is 36.4 Å². The van der Waals surface area contributed by atoms with Crippen molar-refractivity contribution in [1.82, 2.24) is 9.88 Å². The zero-order valence-electron chi connectivity index (χ0n) is 11.6. The van der Waals surface area contributed by atoms with Gasteiger partial charge in [0.1, 0.15) is 6.04 Å². The lowest BCUT2D eigenvalue weighted by Gasteiger charge is -2.24. The maximum Gasteiger partial charge on any atom is 0.233 e. The summed E-state index contributed by atoms with van der Waals surface area (Å²) in [5, 5.41) is 11.3. The van der Waals surface area contributed by atoms with Crippen molar-refractivity contribution >= 4 is 0 Å². The average molecular weight is 283 g/mol. The summed E-state index contributed by atoms with van der Waals surface area (Å²) in [7, 11) is 0. The molecule has 1 aliphatic heterocycles. The van der Waals surface area contributed by atoms with Crippen LogP contribution in [-0.4, -0.2) is 27.4 Å². The molecule has 2 aromatic rings. The van der Waals surface area contributed by atoms with Gasteiger partial charge in [0.05, 0.1) is 0 Å². The third kappa shape index (κ3) is 2.92. The predicted molar refractivity (Wildman–Crippen MR) is 79.2 cm³/mol. The van der Waals surface area contributed by atoms with Gasteiger partial charge in [-0.3, -0.25) is 20.0 Å². The number of rotatable bonds is 4. The topological polar surface area (TPSA) is 59.3 Å². The summed E-state index contributed by atoms with van der Waals surface area (Å²) in [5.41, 5.74) is 2.10. The largest absolute Gasteiger partial charge is 0.286 e. The fraction of sp³-hybridized carbons (Fsp3) is 0.312. The van der Waals surface area contributed by atoms with E-state index in [1.165, 1.54) is 5.56 Å². The highest BCUT2D eigenvalue weighted by Gasteiger charge is 2.42. The van der Waals surface area contributed by atoms with E-state index in [0.717, 1.165) is 18.7 Å². The minimum atomic E-state index is -0.557. The van der Waals surface area contributed by atoms with Gasteiger partial charge in [-0.25, -0.2) is 0 Å². The van der Waals surface area contributed by atoms with Crippen LogP contribution in [0.1, 0.15) is 23.6 Å². The first-order valence-corrected chi connectivity index (χ1v) is 7.07. The van der Waals surface area contributed by atoms with Crippen molar-refractivity contribution in [2.75, 3.05) is 6.54 Å². The molecule has 1 fully saturated rings. The number of hydrogen-bond donors (Lipinski definition) is 0. The van der Waals surface area contributed by atoms with Crippen LogP contribution in [0.5, 0.6) is 0 Å². The lowest BCUT2D eigenvalue weighted by molar-refractivity contribution is -0.525. The Morgan fingerprint density at radius 1 is 1.24 bits per heavy atom. The summed E-state index contributed by atoms with van der Waals surface area (Å²) in [6, 6.07) is 13.1. The molecule has 0 unspecified atom stereocenters. The standard InChI is InChI=1S/C16H17N3O2/c20-19(21)15-8-10-18(12-13-5-2-1-3-6-13)16(15)14-7-4-9-17-11-14/h1-7,9,11,15-16H,8,10,12H2/t15-,16+/m0/s1. The fourth-order valence-corrected chi connectivity index (χ4v) is 3.04. The summed E-state index contributed by atoms with van der Waals surface area (Å²) >= 11 is 0. The Kier molecular flexibility index (Phi) is 3.92. The lowest BCUT2D eigenvalue weighted by atomic mass is 10.0. The highest BCUT2D eigenvalue weighted by atomic mass is 16.6. The molecule has 0 aliphatic carbocycles. The van der Waals surface area contributed by atoms with E-state index < -0.39 is 6.04 Å². The van der Waals surface area contributed by atoms with Crippen LogP contribution in [-0.2, 0) is 6.54 Å². The van der Waals surface area contributed by atoms with Crippen LogP contribution < -0.4 is 0 Å². The Balaban J connectivity index is 1.87. The minimum absolute atomic E-state index is 0.150. The fourth-order valence-electron chi connectivity index (χ4n) is 3.04. The monoisotopic (exact) mass is 283 g/mol. The van der Waals surface area contributed by atoms with Crippen molar-refractivity contribution in [3.05, 3.63) is 76.1 Å². The number of hydrogen-bond acceptors (Lipinski definition) is 4. The van der Waals surface area contributed by atoms with Gasteiger partial charge >= 0.3 is 0 Å². The van der Waals surface area contributed by atoms with E-state index in [4.69, 9.17) is 0 Å². The van der Waals surface area contributed by atoms with Crippen LogP contribution in [0, 0.1) is 10.1 Å². The quantitative estimate of drug-likeness (QED) is 0.639. The molecule has 2 heterocycles. The Morgan fingerprint density at radius 2 is 2.05 bits per heavy atom. The summed E-state index contributed by atoms with van der Waals surface area (Å²) in [5.74, 6) is 0. The van der Waals surface area contributed by atoms with Crippen molar-refractivity contribution < 1.29 is 4.92 Å². The molecule has 1 aromatic carbocycles. The Morgan fingerprint density at radius 3 is 2.71 bits per heavy atom. The third-order valence-electron chi connectivity index (χ3n) is 4.00. The van der Waals surface area contributed by atoms with E-state index in [1.54, 1.807) is 12.4 Å². The highest BCUT2D eigenvalue weighted by molar-refractivity contribution is 5.20. The molecule has 0 saturated carbocycles. The van der Waals surface area contributed by atoms with Crippen molar-refractivity contribution in [3.63, 3.8) is 0 Å². The van der Waals surface area contributed by atoms with Crippen molar-refractivity contribution in [3.8, 4) is 0 Å². The van der Waals surface area contributed by atoms with Gasteiger partial charge < -0.3 is 0 Å². The molecule has 0 bridgehead atoms. The molecular weight excluding hydrogens is 266 g/mol. The molecule has 5 heteroatoms. The van der Waals surface area contributed by atoms with E-state index in [0.29, 0.717) is 6.42 Å². The predicted octanol–water partition coefficient (Wildman–Crippen LogP) is 2.67. The Hall–Kier alpha value is -2.27. The molecular formula is C16H17N3O2. The maximum atomic E-state index is 11.3. The Bertz CT molecular complexity index is 603. The first kappa shape index (κ1) is 13.7. The maximum absolute atomic E-state index is 11.3. The second kappa shape index (κ2) is 6.01. The number of aromatic nitrogens is 1. The van der Waals surface area contributed by atoms with Crippen molar-refractivity contribution in [1.29, 1.82) is 0 Å². The molecule has 21 heavy (non-hydrogen) atoms. The van der Waals surface area contributed by atoms with Gasteiger partial charge in [0, 0.05) is 36.8 Å².